The number of rotatable bonds is 10. The third-order valence-corrected chi connectivity index (χ3v) is 6.55. The maximum atomic E-state index is 5.92. The first kappa shape index (κ1) is 23.5. The van der Waals surface area contributed by atoms with E-state index in [1.165, 1.54) is 18.3 Å². The first-order valence-corrected chi connectivity index (χ1v) is 11.6. The summed E-state index contributed by atoms with van der Waals surface area (Å²) in [6.07, 6.45) is 7.37. The Morgan fingerprint density at radius 1 is 1.06 bits per heavy atom. The van der Waals surface area contributed by atoms with E-state index in [0.29, 0.717) is 40.2 Å². The largest absolute Gasteiger partial charge is 0.479 e. The van der Waals surface area contributed by atoms with Crippen molar-refractivity contribution < 1.29 is 14.2 Å². The van der Waals surface area contributed by atoms with Gasteiger partial charge in [-0.15, -0.1) is 10.2 Å². The average Bonchev–Trinajstić information content (AvgIpc) is 3.20. The Balaban J connectivity index is 1.64. The molecule has 1 aliphatic rings. The summed E-state index contributed by atoms with van der Waals surface area (Å²) in [7, 11) is 4.73. The number of nitrogens with zero attached hydrogens (tertiary/aromatic N) is 7. The van der Waals surface area contributed by atoms with Gasteiger partial charge in [0.1, 0.15) is 18.3 Å². The second-order valence-corrected chi connectivity index (χ2v) is 9.05. The molecule has 3 aromatic rings. The minimum absolute atomic E-state index is 0.0794. The summed E-state index contributed by atoms with van der Waals surface area (Å²) in [5, 5.41) is 9.28. The van der Waals surface area contributed by atoms with Gasteiger partial charge in [0.2, 0.25) is 17.7 Å². The van der Waals surface area contributed by atoms with E-state index in [0.717, 1.165) is 25.1 Å². The second kappa shape index (κ2) is 10.5. The van der Waals surface area contributed by atoms with Crippen LogP contribution in [0.25, 0.3) is 5.69 Å². The van der Waals surface area contributed by atoms with Crippen molar-refractivity contribution in [2.45, 2.75) is 43.5 Å². The van der Waals surface area contributed by atoms with Gasteiger partial charge in [-0.3, -0.25) is 9.29 Å². The molecule has 0 saturated heterocycles. The quantitative estimate of drug-likeness (QED) is 0.417. The lowest BCUT2D eigenvalue weighted by molar-refractivity contribution is 0.0972. The summed E-state index contributed by atoms with van der Waals surface area (Å²) in [5.41, 5.74) is 0.550. The van der Waals surface area contributed by atoms with Gasteiger partial charge < -0.3 is 14.2 Å². The van der Waals surface area contributed by atoms with E-state index < -0.39 is 0 Å². The first-order chi connectivity index (χ1) is 16.1. The Hall–Kier alpha value is -2.70. The predicted molar refractivity (Wildman–Crippen MR) is 124 cm³/mol. The average molecular weight is 493 g/mol. The Bertz CT molecular complexity index is 1060. The van der Waals surface area contributed by atoms with Crippen molar-refractivity contribution >= 4 is 29.5 Å². The Labute approximate surface area is 200 Å². The molecule has 33 heavy (non-hydrogen) atoms. The van der Waals surface area contributed by atoms with Gasteiger partial charge in [-0.05, 0) is 31.7 Å². The van der Waals surface area contributed by atoms with Gasteiger partial charge in [0.15, 0.2) is 11.5 Å². The zero-order chi connectivity index (χ0) is 23.4. The number of hydrogen-bond acceptors (Lipinski definition) is 11. The number of halogens is 1. The molecular formula is C20H25ClN8O3S. The van der Waals surface area contributed by atoms with E-state index in [4.69, 9.17) is 25.8 Å². The molecule has 0 spiro atoms. The molecule has 1 fully saturated rings. The zero-order valence-electron chi connectivity index (χ0n) is 18.7. The molecule has 4 rings (SSSR count). The van der Waals surface area contributed by atoms with Gasteiger partial charge >= 0.3 is 0 Å². The normalized spacial score (nSPS) is 15.5. The van der Waals surface area contributed by atoms with Crippen molar-refractivity contribution in [3.8, 4) is 17.4 Å². The molecule has 3 aromatic heterocycles. The number of hydrogen-bond donors (Lipinski definition) is 1. The molecule has 11 nitrogen and oxygen atoms in total. The van der Waals surface area contributed by atoms with E-state index >= 15 is 0 Å². The van der Waals surface area contributed by atoms with Crippen LogP contribution in [0.15, 0.2) is 18.7 Å². The zero-order valence-corrected chi connectivity index (χ0v) is 20.3. The van der Waals surface area contributed by atoms with E-state index in [2.05, 4.69) is 34.9 Å². The summed E-state index contributed by atoms with van der Waals surface area (Å²) in [4.78, 5) is 17.1. The molecule has 0 amide bonds. The van der Waals surface area contributed by atoms with Crippen molar-refractivity contribution in [1.29, 1.82) is 0 Å². The van der Waals surface area contributed by atoms with E-state index in [1.54, 1.807) is 33.7 Å². The van der Waals surface area contributed by atoms with Gasteiger partial charge in [0.05, 0.1) is 24.5 Å². The highest BCUT2D eigenvalue weighted by Crippen LogP contribution is 2.41. The van der Waals surface area contributed by atoms with Crippen LogP contribution in [-0.4, -0.2) is 61.3 Å². The van der Waals surface area contributed by atoms with Crippen LogP contribution in [0.3, 0.4) is 0 Å². The minimum atomic E-state index is -0.369. The first-order valence-electron chi connectivity index (χ1n) is 10.4. The van der Waals surface area contributed by atoms with Crippen molar-refractivity contribution in [3.05, 3.63) is 35.4 Å². The topological polar surface area (TPSA) is 122 Å². The third-order valence-electron chi connectivity index (χ3n) is 5.44. The summed E-state index contributed by atoms with van der Waals surface area (Å²) >= 11 is 7.33. The molecular weight excluding hydrogens is 468 g/mol. The van der Waals surface area contributed by atoms with Crippen molar-refractivity contribution in [3.63, 3.8) is 0 Å². The molecule has 13 heteroatoms. The molecule has 0 radical (unpaired) electrons. The molecule has 1 saturated carbocycles. The number of ether oxygens (including phenoxy) is 3. The minimum Gasteiger partial charge on any atom is -0.479 e. The predicted octanol–water partition coefficient (Wildman–Crippen LogP) is 3.62. The summed E-state index contributed by atoms with van der Waals surface area (Å²) in [6.45, 7) is 2.00. The van der Waals surface area contributed by atoms with Crippen LogP contribution in [0.2, 0.25) is 5.02 Å². The molecule has 2 atom stereocenters. The van der Waals surface area contributed by atoms with Crippen LogP contribution in [0.1, 0.15) is 49.9 Å². The number of nitrogens with one attached hydrogen (secondary N) is 1. The molecule has 0 aliphatic heterocycles. The highest BCUT2D eigenvalue weighted by Gasteiger charge is 2.31. The van der Waals surface area contributed by atoms with Crippen molar-refractivity contribution in [2.75, 3.05) is 26.1 Å². The van der Waals surface area contributed by atoms with Gasteiger partial charge in [-0.2, -0.15) is 9.97 Å². The smallest absolute Gasteiger partial charge is 0.245 e. The van der Waals surface area contributed by atoms with Crippen LogP contribution < -0.4 is 14.2 Å². The summed E-state index contributed by atoms with van der Waals surface area (Å²) in [5.74, 6) is 2.89. The SMILES string of the molecule is COc1ncnc(OC)c1-n1c(NSC(C)C(OC)c2ncc(Cl)cn2)nnc1C1CCC1. The van der Waals surface area contributed by atoms with Crippen LogP contribution in [0, 0.1) is 0 Å². The summed E-state index contributed by atoms with van der Waals surface area (Å²) < 4.78 is 21.9. The van der Waals surface area contributed by atoms with Gasteiger partial charge in [0.25, 0.3) is 0 Å². The van der Waals surface area contributed by atoms with Crippen molar-refractivity contribution in [1.82, 2.24) is 34.7 Å². The van der Waals surface area contributed by atoms with Crippen LogP contribution in [0.4, 0.5) is 5.95 Å². The second-order valence-electron chi connectivity index (χ2n) is 7.43. The highest BCUT2D eigenvalue weighted by molar-refractivity contribution is 8.01. The molecule has 1 N–H and O–H groups in total. The van der Waals surface area contributed by atoms with E-state index in [-0.39, 0.29) is 11.4 Å². The Morgan fingerprint density at radius 2 is 1.73 bits per heavy atom. The maximum Gasteiger partial charge on any atom is 0.245 e. The molecule has 0 bridgehead atoms. The Kier molecular flexibility index (Phi) is 7.46. The fourth-order valence-corrected chi connectivity index (χ4v) is 4.41. The lowest BCUT2D eigenvalue weighted by atomic mass is 9.85. The summed E-state index contributed by atoms with van der Waals surface area (Å²) in [6, 6.07) is 0. The van der Waals surface area contributed by atoms with Crippen LogP contribution in [0.5, 0.6) is 11.8 Å². The van der Waals surface area contributed by atoms with E-state index in [9.17, 15) is 0 Å². The number of methoxy groups -OCH3 is 3. The monoisotopic (exact) mass is 492 g/mol. The molecule has 0 aromatic carbocycles. The van der Waals surface area contributed by atoms with Gasteiger partial charge in [-0.25, -0.2) is 9.97 Å². The van der Waals surface area contributed by atoms with Crippen molar-refractivity contribution in [2.24, 2.45) is 0 Å². The third kappa shape index (κ3) is 4.82. The number of anilines is 1. The lowest BCUT2D eigenvalue weighted by Gasteiger charge is -2.26. The molecule has 3 heterocycles. The molecule has 2 unspecified atom stereocenters. The van der Waals surface area contributed by atoms with E-state index in [1.807, 2.05) is 11.5 Å². The standard InChI is InChI=1S/C20H25ClN8O3S/c1-11(15(30-2)16-22-8-13(21)9-23-16)33-28-20-27-26-17(12-6-5-7-12)29(20)14-18(31-3)24-10-25-19(14)32-4/h8-12,15H,5-7H2,1-4H3,(H,27,28). The lowest BCUT2D eigenvalue weighted by Crippen LogP contribution is -2.20. The fourth-order valence-electron chi connectivity index (χ4n) is 3.53. The molecule has 1 aliphatic carbocycles. The molecule has 176 valence electrons. The van der Waals surface area contributed by atoms with Gasteiger partial charge in [0, 0.05) is 25.4 Å². The van der Waals surface area contributed by atoms with Crippen LogP contribution >= 0.6 is 23.5 Å². The van der Waals surface area contributed by atoms with Gasteiger partial charge in [-0.1, -0.05) is 18.0 Å². The van der Waals surface area contributed by atoms with Crippen LogP contribution in [-0.2, 0) is 4.74 Å². The maximum absolute atomic E-state index is 5.92. The fraction of sp³-hybridized carbons (Fsp3) is 0.500. The highest BCUT2D eigenvalue weighted by atomic mass is 35.5. The Morgan fingerprint density at radius 3 is 2.27 bits per heavy atom. The number of aromatic nitrogens is 7.